The maximum absolute atomic E-state index is 12.8. The van der Waals surface area contributed by atoms with Gasteiger partial charge in [-0.05, 0) is 30.0 Å². The molecule has 1 aliphatic rings. The minimum atomic E-state index is -0.150. The van der Waals surface area contributed by atoms with Gasteiger partial charge in [0.1, 0.15) is 4.32 Å². The van der Waals surface area contributed by atoms with Crippen LogP contribution in [0.3, 0.4) is 0 Å². The number of aryl methyl sites for hydroxylation is 1. The third-order valence-electron chi connectivity index (χ3n) is 4.87. The maximum Gasteiger partial charge on any atom is 0.266 e. The van der Waals surface area contributed by atoms with Gasteiger partial charge >= 0.3 is 0 Å². The van der Waals surface area contributed by atoms with E-state index in [1.807, 2.05) is 79.7 Å². The number of carbonyl (C=O) groups is 2. The minimum Gasteiger partial charge on any atom is -0.325 e. The minimum absolute atomic E-state index is 0.150. The van der Waals surface area contributed by atoms with Crippen LogP contribution in [0.25, 0.3) is 16.8 Å². The van der Waals surface area contributed by atoms with Crippen molar-refractivity contribution in [1.82, 2.24) is 4.90 Å². The summed E-state index contributed by atoms with van der Waals surface area (Å²) in [6.45, 7) is 2.28. The highest BCUT2D eigenvalue weighted by Crippen LogP contribution is 2.32. The summed E-state index contributed by atoms with van der Waals surface area (Å²) in [5.41, 5.74) is 2.88. The summed E-state index contributed by atoms with van der Waals surface area (Å²) in [5, 5.41) is 5.00. The van der Waals surface area contributed by atoms with Crippen molar-refractivity contribution in [2.24, 2.45) is 0 Å². The highest BCUT2D eigenvalue weighted by molar-refractivity contribution is 8.26. The van der Waals surface area contributed by atoms with Crippen molar-refractivity contribution in [1.29, 1.82) is 0 Å². The van der Waals surface area contributed by atoms with Crippen LogP contribution in [-0.4, -0.2) is 27.6 Å². The lowest BCUT2D eigenvalue weighted by molar-refractivity contribution is -0.122. The van der Waals surface area contributed by atoms with Gasteiger partial charge in [-0.25, -0.2) is 0 Å². The van der Waals surface area contributed by atoms with Crippen LogP contribution >= 0.6 is 24.0 Å². The first kappa shape index (κ1) is 20.3. The van der Waals surface area contributed by atoms with E-state index in [1.165, 1.54) is 16.7 Å². The zero-order valence-electron chi connectivity index (χ0n) is 16.4. The lowest BCUT2D eigenvalue weighted by atomic mass is 10.1. The number of rotatable bonds is 5. The number of thiocarbonyl (C=S) groups is 1. The summed E-state index contributed by atoms with van der Waals surface area (Å²) in [7, 11) is 0. The standard InChI is InChI=1S/C24H20N2O2S2/c1-16-9-11-17(12-10-16)15-21-23(28)26(24(29)30-21)14-13-22(27)25-20-8-4-6-18-5-2-3-7-19(18)20/h2-12,15H,13-14H2,1H3,(H,25,27)/b21-15-. The van der Waals surface area contributed by atoms with Crippen molar-refractivity contribution in [3.8, 4) is 0 Å². The second kappa shape index (κ2) is 8.81. The largest absolute Gasteiger partial charge is 0.325 e. The molecule has 1 saturated heterocycles. The molecule has 30 heavy (non-hydrogen) atoms. The van der Waals surface area contributed by atoms with Crippen molar-refractivity contribution in [3.63, 3.8) is 0 Å². The number of amides is 2. The number of hydrogen-bond acceptors (Lipinski definition) is 4. The summed E-state index contributed by atoms with van der Waals surface area (Å²) in [4.78, 5) is 27.4. The molecular formula is C24H20N2O2S2. The van der Waals surface area contributed by atoms with Gasteiger partial charge < -0.3 is 5.32 Å². The molecule has 0 bridgehead atoms. The maximum atomic E-state index is 12.8. The lowest BCUT2D eigenvalue weighted by Gasteiger charge is -2.14. The molecule has 1 heterocycles. The highest BCUT2D eigenvalue weighted by Gasteiger charge is 2.32. The van der Waals surface area contributed by atoms with Gasteiger partial charge in [-0.3, -0.25) is 14.5 Å². The number of nitrogens with zero attached hydrogens (tertiary/aromatic N) is 1. The summed E-state index contributed by atoms with van der Waals surface area (Å²) >= 11 is 6.65. The van der Waals surface area contributed by atoms with Crippen molar-refractivity contribution in [2.75, 3.05) is 11.9 Å². The molecule has 0 aromatic heterocycles. The molecule has 3 aromatic rings. The molecular weight excluding hydrogens is 412 g/mol. The molecule has 3 aromatic carbocycles. The van der Waals surface area contributed by atoms with Gasteiger partial charge in [-0.1, -0.05) is 90.2 Å². The monoisotopic (exact) mass is 432 g/mol. The van der Waals surface area contributed by atoms with E-state index in [0.717, 1.165) is 27.6 Å². The Labute approximate surface area is 185 Å². The molecule has 4 nitrogen and oxygen atoms in total. The molecule has 0 saturated carbocycles. The van der Waals surface area contributed by atoms with E-state index in [9.17, 15) is 9.59 Å². The second-order valence-corrected chi connectivity index (χ2v) is 8.74. The number of anilines is 1. The first-order chi connectivity index (χ1) is 14.5. The fraction of sp³-hybridized carbons (Fsp3) is 0.125. The number of nitrogens with one attached hydrogen (secondary N) is 1. The average molecular weight is 433 g/mol. The summed E-state index contributed by atoms with van der Waals surface area (Å²) in [5.74, 6) is -0.300. The van der Waals surface area contributed by atoms with Gasteiger partial charge in [0, 0.05) is 24.0 Å². The van der Waals surface area contributed by atoms with E-state index in [4.69, 9.17) is 12.2 Å². The van der Waals surface area contributed by atoms with E-state index in [2.05, 4.69) is 5.32 Å². The Morgan fingerprint density at radius 3 is 2.60 bits per heavy atom. The van der Waals surface area contributed by atoms with Gasteiger partial charge in [0.25, 0.3) is 5.91 Å². The van der Waals surface area contributed by atoms with E-state index in [1.54, 1.807) is 0 Å². The van der Waals surface area contributed by atoms with E-state index >= 15 is 0 Å². The first-order valence-electron chi connectivity index (χ1n) is 9.61. The van der Waals surface area contributed by atoms with Crippen LogP contribution in [0.2, 0.25) is 0 Å². The van der Waals surface area contributed by atoms with Crippen LogP contribution in [0.15, 0.2) is 71.6 Å². The number of hydrogen-bond donors (Lipinski definition) is 1. The van der Waals surface area contributed by atoms with Gasteiger partial charge in [0.15, 0.2) is 0 Å². The molecule has 6 heteroatoms. The van der Waals surface area contributed by atoms with Crippen molar-refractivity contribution in [2.45, 2.75) is 13.3 Å². The third-order valence-corrected chi connectivity index (χ3v) is 6.25. The predicted molar refractivity (Wildman–Crippen MR) is 128 cm³/mol. The van der Waals surface area contributed by atoms with Gasteiger partial charge in [-0.15, -0.1) is 0 Å². The van der Waals surface area contributed by atoms with Crippen LogP contribution in [0.4, 0.5) is 5.69 Å². The zero-order chi connectivity index (χ0) is 21.1. The first-order valence-corrected chi connectivity index (χ1v) is 10.8. The molecule has 0 aliphatic carbocycles. The molecule has 1 aliphatic heterocycles. The summed E-state index contributed by atoms with van der Waals surface area (Å²) in [6, 6.07) is 21.6. The van der Waals surface area contributed by atoms with Crippen LogP contribution in [-0.2, 0) is 9.59 Å². The molecule has 4 rings (SSSR count). The second-order valence-electron chi connectivity index (χ2n) is 7.07. The molecule has 2 amide bonds. The smallest absolute Gasteiger partial charge is 0.266 e. The fourth-order valence-electron chi connectivity index (χ4n) is 3.27. The third kappa shape index (κ3) is 4.45. The van der Waals surface area contributed by atoms with Crippen LogP contribution < -0.4 is 5.32 Å². The summed E-state index contributed by atoms with van der Waals surface area (Å²) < 4.78 is 0.483. The fourth-order valence-corrected chi connectivity index (χ4v) is 4.58. The number of thioether (sulfide) groups is 1. The molecule has 0 atom stereocenters. The van der Waals surface area contributed by atoms with Crippen molar-refractivity contribution < 1.29 is 9.59 Å². The predicted octanol–water partition coefficient (Wildman–Crippen LogP) is 5.38. The van der Waals surface area contributed by atoms with Crippen LogP contribution in [0.1, 0.15) is 17.5 Å². The molecule has 1 fully saturated rings. The number of fused-ring (bicyclic) bond motifs is 1. The summed E-state index contributed by atoms with van der Waals surface area (Å²) in [6.07, 6.45) is 2.02. The van der Waals surface area contributed by atoms with E-state index in [0.29, 0.717) is 9.23 Å². The quantitative estimate of drug-likeness (QED) is 0.434. The van der Waals surface area contributed by atoms with E-state index < -0.39 is 0 Å². The molecule has 0 spiro atoms. The normalized spacial score (nSPS) is 15.2. The van der Waals surface area contributed by atoms with Crippen molar-refractivity contribution in [3.05, 3.63) is 82.8 Å². The Balaban J connectivity index is 1.40. The van der Waals surface area contributed by atoms with Gasteiger partial charge in [-0.2, -0.15) is 0 Å². The molecule has 150 valence electrons. The van der Waals surface area contributed by atoms with Crippen LogP contribution in [0, 0.1) is 6.92 Å². The lowest BCUT2D eigenvalue weighted by Crippen LogP contribution is -2.31. The molecule has 0 unspecified atom stereocenters. The number of benzene rings is 3. The zero-order valence-corrected chi connectivity index (χ0v) is 18.1. The SMILES string of the molecule is Cc1ccc(/C=C2\SC(=S)N(CCC(=O)Nc3cccc4ccccc34)C2=O)cc1. The highest BCUT2D eigenvalue weighted by atomic mass is 32.2. The Morgan fingerprint density at radius 1 is 1.07 bits per heavy atom. The Bertz CT molecular complexity index is 1160. The van der Waals surface area contributed by atoms with E-state index in [-0.39, 0.29) is 24.8 Å². The molecule has 1 N–H and O–H groups in total. The van der Waals surface area contributed by atoms with Crippen molar-refractivity contribution >= 4 is 62.7 Å². The Morgan fingerprint density at radius 2 is 1.80 bits per heavy atom. The Kier molecular flexibility index (Phi) is 5.97. The van der Waals surface area contributed by atoms with Gasteiger partial charge in [0.2, 0.25) is 5.91 Å². The average Bonchev–Trinajstić information content (AvgIpc) is 3.01. The Hall–Kier alpha value is -2.96. The number of carbonyl (C=O) groups excluding carboxylic acids is 2. The topological polar surface area (TPSA) is 49.4 Å². The van der Waals surface area contributed by atoms with Crippen LogP contribution in [0.5, 0.6) is 0 Å². The molecule has 0 radical (unpaired) electrons. The van der Waals surface area contributed by atoms with Gasteiger partial charge in [0.05, 0.1) is 4.91 Å².